The first kappa shape index (κ1) is 20.5. The van der Waals surface area contributed by atoms with Crippen LogP contribution in [0.4, 0.5) is 4.39 Å². The molecule has 0 unspecified atom stereocenters. The molecule has 136 valence electrons. The number of halogens is 1. The lowest BCUT2D eigenvalue weighted by atomic mass is 10.2. The molecule has 0 radical (unpaired) electrons. The predicted molar refractivity (Wildman–Crippen MR) is 89.8 cm³/mol. The minimum absolute atomic E-state index is 0.0742. The maximum absolute atomic E-state index is 13.9. The number of aliphatic hydroxyl groups excluding tert-OH is 1. The molecular weight excluding hydrogens is 335 g/mol. The van der Waals surface area contributed by atoms with Crippen LogP contribution in [0.15, 0.2) is 23.1 Å². The summed E-state index contributed by atoms with van der Waals surface area (Å²) in [6.45, 7) is 5.61. The maximum atomic E-state index is 13.9. The molecule has 0 spiro atoms. The van der Waals surface area contributed by atoms with E-state index in [1.807, 2.05) is 6.92 Å². The first-order valence-corrected chi connectivity index (χ1v) is 9.43. The van der Waals surface area contributed by atoms with Gasteiger partial charge >= 0.3 is 0 Å². The number of sulfonamides is 1. The Morgan fingerprint density at radius 1 is 1.33 bits per heavy atom. The van der Waals surface area contributed by atoms with Crippen LogP contribution in [0.25, 0.3) is 0 Å². The summed E-state index contributed by atoms with van der Waals surface area (Å²) >= 11 is 0. The minimum Gasteiger partial charge on any atom is -0.395 e. The molecule has 0 aliphatic rings. The SMILES string of the molecule is CCCCN(CCO)C(=O)c1ccc(F)c(S(=O)(=O)NC(C)C)c1. The average molecular weight is 360 g/mol. The quantitative estimate of drug-likeness (QED) is 0.702. The monoisotopic (exact) mass is 360 g/mol. The first-order chi connectivity index (χ1) is 11.2. The van der Waals surface area contributed by atoms with Gasteiger partial charge in [-0.25, -0.2) is 17.5 Å². The summed E-state index contributed by atoms with van der Waals surface area (Å²) in [5, 5.41) is 9.10. The fraction of sp³-hybridized carbons (Fsp3) is 0.562. The van der Waals surface area contributed by atoms with Gasteiger partial charge < -0.3 is 10.0 Å². The lowest BCUT2D eigenvalue weighted by Gasteiger charge is -2.22. The lowest BCUT2D eigenvalue weighted by Crippen LogP contribution is -2.35. The topological polar surface area (TPSA) is 86.7 Å². The summed E-state index contributed by atoms with van der Waals surface area (Å²) in [4.78, 5) is 13.4. The van der Waals surface area contributed by atoms with E-state index in [2.05, 4.69) is 4.72 Å². The normalized spacial score (nSPS) is 11.8. The van der Waals surface area contributed by atoms with Crippen molar-refractivity contribution in [2.45, 2.75) is 44.6 Å². The zero-order valence-electron chi connectivity index (χ0n) is 14.3. The van der Waals surface area contributed by atoms with Gasteiger partial charge in [-0.2, -0.15) is 0 Å². The summed E-state index contributed by atoms with van der Waals surface area (Å²) in [6, 6.07) is 2.87. The van der Waals surface area contributed by atoms with Gasteiger partial charge in [-0.05, 0) is 38.5 Å². The molecule has 0 atom stereocenters. The molecule has 8 heteroatoms. The van der Waals surface area contributed by atoms with E-state index in [4.69, 9.17) is 5.11 Å². The number of amides is 1. The van der Waals surface area contributed by atoms with E-state index in [-0.39, 0.29) is 18.7 Å². The molecule has 6 nitrogen and oxygen atoms in total. The molecule has 0 aromatic heterocycles. The molecule has 1 rings (SSSR count). The molecule has 0 saturated carbocycles. The van der Waals surface area contributed by atoms with Crippen LogP contribution in [-0.2, 0) is 10.0 Å². The number of benzene rings is 1. The number of hydrogen-bond donors (Lipinski definition) is 2. The average Bonchev–Trinajstić information content (AvgIpc) is 2.49. The molecule has 1 aromatic rings. The van der Waals surface area contributed by atoms with Gasteiger partial charge in [-0.1, -0.05) is 13.3 Å². The maximum Gasteiger partial charge on any atom is 0.253 e. The van der Waals surface area contributed by atoms with Gasteiger partial charge in [0.2, 0.25) is 10.0 Å². The van der Waals surface area contributed by atoms with Crippen molar-refractivity contribution in [1.29, 1.82) is 0 Å². The van der Waals surface area contributed by atoms with E-state index in [0.717, 1.165) is 25.0 Å². The van der Waals surface area contributed by atoms with Gasteiger partial charge in [-0.3, -0.25) is 4.79 Å². The van der Waals surface area contributed by atoms with Gasteiger partial charge in [0, 0.05) is 24.7 Å². The van der Waals surface area contributed by atoms with Gasteiger partial charge in [0.15, 0.2) is 0 Å². The van der Waals surface area contributed by atoms with Crippen molar-refractivity contribution < 1.29 is 22.7 Å². The van der Waals surface area contributed by atoms with Crippen LogP contribution < -0.4 is 4.72 Å². The highest BCUT2D eigenvalue weighted by molar-refractivity contribution is 7.89. The van der Waals surface area contributed by atoms with Crippen molar-refractivity contribution in [3.05, 3.63) is 29.6 Å². The Morgan fingerprint density at radius 2 is 2.00 bits per heavy atom. The fourth-order valence-electron chi connectivity index (χ4n) is 2.18. The largest absolute Gasteiger partial charge is 0.395 e. The van der Waals surface area contributed by atoms with E-state index in [1.54, 1.807) is 13.8 Å². The number of nitrogens with one attached hydrogen (secondary N) is 1. The summed E-state index contributed by atoms with van der Waals surface area (Å²) in [6.07, 6.45) is 1.63. The zero-order chi connectivity index (χ0) is 18.3. The number of unbranched alkanes of at least 4 members (excludes halogenated alkanes) is 1. The molecule has 0 saturated heterocycles. The zero-order valence-corrected chi connectivity index (χ0v) is 15.1. The number of nitrogens with zero attached hydrogens (tertiary/aromatic N) is 1. The molecular formula is C16H25FN2O4S. The van der Waals surface area contributed by atoms with Crippen LogP contribution in [0.1, 0.15) is 44.0 Å². The number of rotatable bonds is 9. The van der Waals surface area contributed by atoms with Crippen molar-refractivity contribution in [3.63, 3.8) is 0 Å². The van der Waals surface area contributed by atoms with Crippen molar-refractivity contribution in [3.8, 4) is 0 Å². The second-order valence-corrected chi connectivity index (χ2v) is 7.47. The second-order valence-electron chi connectivity index (χ2n) is 5.79. The smallest absolute Gasteiger partial charge is 0.253 e. The van der Waals surface area contributed by atoms with Crippen LogP contribution in [-0.4, -0.2) is 50.1 Å². The van der Waals surface area contributed by atoms with E-state index >= 15 is 0 Å². The van der Waals surface area contributed by atoms with Crippen LogP contribution in [0.2, 0.25) is 0 Å². The van der Waals surface area contributed by atoms with Gasteiger partial charge in [0.1, 0.15) is 10.7 Å². The first-order valence-electron chi connectivity index (χ1n) is 7.95. The van der Waals surface area contributed by atoms with Crippen molar-refractivity contribution in [1.82, 2.24) is 9.62 Å². The van der Waals surface area contributed by atoms with Crippen LogP contribution in [0.3, 0.4) is 0 Å². The predicted octanol–water partition coefficient (Wildman–Crippen LogP) is 1.75. The summed E-state index contributed by atoms with van der Waals surface area (Å²) in [5.41, 5.74) is 0.0742. The summed E-state index contributed by atoms with van der Waals surface area (Å²) in [5.74, 6) is -1.35. The van der Waals surface area contributed by atoms with Crippen molar-refractivity contribution in [2.75, 3.05) is 19.7 Å². The van der Waals surface area contributed by atoms with Crippen LogP contribution in [0.5, 0.6) is 0 Å². The molecule has 0 fully saturated rings. The Labute approximate surface area is 142 Å². The lowest BCUT2D eigenvalue weighted by molar-refractivity contribution is 0.0719. The molecule has 2 N–H and O–H groups in total. The molecule has 0 aliphatic heterocycles. The number of aliphatic hydroxyl groups is 1. The summed E-state index contributed by atoms with van der Waals surface area (Å²) in [7, 11) is -4.05. The third kappa shape index (κ3) is 5.54. The number of hydrogen-bond acceptors (Lipinski definition) is 4. The van der Waals surface area contributed by atoms with Crippen LogP contribution >= 0.6 is 0 Å². The Morgan fingerprint density at radius 3 is 2.54 bits per heavy atom. The van der Waals surface area contributed by atoms with E-state index in [1.165, 1.54) is 11.0 Å². The van der Waals surface area contributed by atoms with Gasteiger partial charge in [0.25, 0.3) is 5.91 Å². The molecule has 0 bridgehead atoms. The highest BCUT2D eigenvalue weighted by atomic mass is 32.2. The number of carbonyl (C=O) groups is 1. The van der Waals surface area contributed by atoms with Crippen molar-refractivity contribution in [2.24, 2.45) is 0 Å². The van der Waals surface area contributed by atoms with E-state index < -0.39 is 32.7 Å². The van der Waals surface area contributed by atoms with Crippen LogP contribution in [0, 0.1) is 5.82 Å². The van der Waals surface area contributed by atoms with Gasteiger partial charge in [-0.15, -0.1) is 0 Å². The molecule has 0 heterocycles. The van der Waals surface area contributed by atoms with Gasteiger partial charge in [0.05, 0.1) is 6.61 Å². The highest BCUT2D eigenvalue weighted by Gasteiger charge is 2.23. The number of carbonyl (C=O) groups excluding carboxylic acids is 1. The van der Waals surface area contributed by atoms with Crippen molar-refractivity contribution >= 4 is 15.9 Å². The Kier molecular flexibility index (Phi) is 7.78. The molecule has 1 aromatic carbocycles. The molecule has 0 aliphatic carbocycles. The fourth-order valence-corrected chi connectivity index (χ4v) is 3.54. The third-order valence-corrected chi connectivity index (χ3v) is 4.97. The Hall–Kier alpha value is -1.51. The summed E-state index contributed by atoms with van der Waals surface area (Å²) < 4.78 is 40.6. The third-order valence-electron chi connectivity index (χ3n) is 3.30. The standard InChI is InChI=1S/C16H25FN2O4S/c1-4-5-8-19(9-10-20)16(21)13-6-7-14(17)15(11-13)24(22,23)18-12(2)3/h6-7,11-12,18,20H,4-5,8-10H2,1-3H3. The van der Waals surface area contributed by atoms with E-state index in [0.29, 0.717) is 6.54 Å². The highest BCUT2D eigenvalue weighted by Crippen LogP contribution is 2.18. The van der Waals surface area contributed by atoms with E-state index in [9.17, 15) is 17.6 Å². The second kappa shape index (κ2) is 9.10. The molecule has 1 amide bonds. The Balaban J connectivity index is 3.17. The Bertz CT molecular complexity index is 662. The molecule has 24 heavy (non-hydrogen) atoms. The minimum atomic E-state index is -4.05.